The molecule has 0 saturated heterocycles. The topological polar surface area (TPSA) is 83.1 Å². The predicted molar refractivity (Wildman–Crippen MR) is 525 cm³/mol. The van der Waals surface area contributed by atoms with E-state index in [0.717, 1.165) is 127 Å². The van der Waals surface area contributed by atoms with E-state index in [2.05, 4.69) is 241 Å². The van der Waals surface area contributed by atoms with Gasteiger partial charge in [-0.2, -0.15) is 0 Å². The van der Waals surface area contributed by atoms with Crippen LogP contribution in [0, 0.1) is 20.8 Å². The highest BCUT2D eigenvalue weighted by molar-refractivity contribution is 7.43. The summed E-state index contributed by atoms with van der Waals surface area (Å²) in [4.78, 5) is 0. The van der Waals surface area contributed by atoms with E-state index in [1.54, 1.807) is 0 Å². The minimum atomic E-state index is -1.97. The molecule has 6 aromatic rings. The molecule has 3 unspecified atom stereocenters. The van der Waals surface area contributed by atoms with Gasteiger partial charge < -0.3 is 36.2 Å². The van der Waals surface area contributed by atoms with E-state index in [0.29, 0.717) is 19.8 Å². The van der Waals surface area contributed by atoms with Gasteiger partial charge in [-0.05, 0) is 212 Å². The van der Waals surface area contributed by atoms with Crippen LogP contribution in [-0.2, 0) is 49.1 Å². The van der Waals surface area contributed by atoms with E-state index in [1.807, 2.05) is 0 Å². The maximum atomic E-state index is 7.30. The second-order valence-electron chi connectivity index (χ2n) is 38.7. The molecule has 0 amide bonds. The molecule has 121 heavy (non-hydrogen) atoms. The van der Waals surface area contributed by atoms with Gasteiger partial charge in [0.1, 0.15) is 34.5 Å². The number of hydrogen-bond donors (Lipinski definition) is 0. The van der Waals surface area contributed by atoms with E-state index in [4.69, 9.17) is 40.7 Å². The molecule has 6 rings (SSSR count). The van der Waals surface area contributed by atoms with Gasteiger partial charge in [0.2, 0.25) is 0 Å². The van der Waals surface area contributed by atoms with Gasteiger partial charge in [-0.3, -0.25) is 4.52 Å². The molecule has 0 fully saturated rings. The Bertz CT molecular complexity index is 3580. The Morgan fingerprint density at radius 2 is 0.488 bits per heavy atom. The van der Waals surface area contributed by atoms with Crippen molar-refractivity contribution in [2.24, 2.45) is 0 Å². The first-order valence-corrected chi connectivity index (χ1v) is 52.8. The first-order valence-electron chi connectivity index (χ1n) is 49.5. The van der Waals surface area contributed by atoms with Gasteiger partial charge >= 0.3 is 25.8 Å². The Labute approximate surface area is 747 Å². The monoisotopic (exact) mass is 1720 g/mol. The third-order valence-electron chi connectivity index (χ3n) is 24.3. The zero-order chi connectivity index (χ0) is 87.5. The quantitative estimate of drug-likeness (QED) is 0.0274. The van der Waals surface area contributed by atoms with Gasteiger partial charge in [-0.25, -0.2) is 0 Å². The highest BCUT2D eigenvalue weighted by Gasteiger charge is 2.34. The third-order valence-corrected chi connectivity index (χ3v) is 27.6. The molecule has 0 heterocycles. The molecule has 680 valence electrons. The molecule has 0 radical (unpaired) electrons. The summed E-state index contributed by atoms with van der Waals surface area (Å²) < 4.78 is 63.0. The normalized spacial score (nSPS) is 12.9. The first-order chi connectivity index (χ1) is 58.4. The Balaban J connectivity index is 1.45. The molecule has 0 aliphatic rings. The molecule has 0 saturated carbocycles. The van der Waals surface area contributed by atoms with Crippen LogP contribution in [0.5, 0.6) is 34.5 Å². The van der Waals surface area contributed by atoms with Gasteiger partial charge in [-0.15, -0.1) is 0 Å². The summed E-state index contributed by atoms with van der Waals surface area (Å²) in [5.41, 5.74) is 13.8. The average molecular weight is 1720 g/mol. The third kappa shape index (κ3) is 41.7. The lowest BCUT2D eigenvalue weighted by Crippen LogP contribution is -2.19. The smallest absolute Gasteiger partial charge is 0.426 e. The van der Waals surface area contributed by atoms with Crippen LogP contribution in [0.3, 0.4) is 0 Å². The van der Waals surface area contributed by atoms with Crippen LogP contribution in [0.15, 0.2) is 109 Å². The molecule has 0 N–H and O–H groups in total. The van der Waals surface area contributed by atoms with Crippen LogP contribution >= 0.6 is 25.8 Å². The van der Waals surface area contributed by atoms with E-state index < -0.39 is 25.8 Å². The van der Waals surface area contributed by atoms with Crippen molar-refractivity contribution >= 4 is 25.8 Å². The Morgan fingerprint density at radius 3 is 0.777 bits per heavy atom. The lowest BCUT2D eigenvalue weighted by molar-refractivity contribution is 0.197. The second-order valence-corrected chi connectivity index (χ2v) is 41.9. The van der Waals surface area contributed by atoms with Gasteiger partial charge in [0.15, 0.2) is 0 Å². The van der Waals surface area contributed by atoms with Gasteiger partial charge in [0.25, 0.3) is 0 Å². The van der Waals surface area contributed by atoms with Crippen LogP contribution in [0.25, 0.3) is 0 Å². The molecular weight excluding hydrogens is 1550 g/mol. The molecule has 0 bridgehead atoms. The van der Waals surface area contributed by atoms with Crippen LogP contribution in [0.4, 0.5) is 0 Å². The molecule has 0 aromatic heterocycles. The van der Waals surface area contributed by atoms with Gasteiger partial charge in [-0.1, -0.05) is 397 Å². The standard InChI is InChI=1S/C109H175O9P3/c1-20-26-32-38-44-50-56-62-91-65-71-94(72-66-91)113-120(112-79-61-55-49-43-37-31-25-6)117-105-83-90(10)99(86-103(105)109(17,18)19)100(98-85-102(108(14,15)16)104(82-89(98)9)116-119(110-77-59-53-47-41-35-29-23-4)111-78-60-54-48-42-36-30-24-5)80-87(7)97-84-101(107(11,12)13)106(81-88(97)8)118-121(114-95-73-67-92(68-74-95)63-57-51-45-39-33-27-21-2)115-96-75-69-93(70-76-96)64-58-52-46-40-34-28-22-3/h65-76,81-87,100H,20-64,77-80H2,1-19H3. The Hall–Kier alpha value is -4.71. The van der Waals surface area contributed by atoms with Crippen molar-refractivity contribution in [3.05, 3.63) is 176 Å². The molecule has 0 aliphatic carbocycles. The largest absolute Gasteiger partial charge is 0.530 e. The van der Waals surface area contributed by atoms with Crippen molar-refractivity contribution < 1.29 is 40.7 Å². The minimum Gasteiger partial charge on any atom is -0.426 e. The summed E-state index contributed by atoms with van der Waals surface area (Å²) in [5.74, 6) is 4.68. The first kappa shape index (κ1) is 105. The summed E-state index contributed by atoms with van der Waals surface area (Å²) in [7, 11) is -5.48. The molecular formula is C109H175O9P3. The highest BCUT2D eigenvalue weighted by atomic mass is 31.2. The van der Waals surface area contributed by atoms with E-state index >= 15 is 0 Å². The van der Waals surface area contributed by atoms with Crippen molar-refractivity contribution in [3.8, 4) is 34.5 Å². The average Bonchev–Trinajstić information content (AvgIpc) is 0.760. The van der Waals surface area contributed by atoms with Crippen molar-refractivity contribution in [3.63, 3.8) is 0 Å². The maximum Gasteiger partial charge on any atom is 0.530 e. The fourth-order valence-corrected chi connectivity index (χ4v) is 19.7. The zero-order valence-electron chi connectivity index (χ0n) is 80.7. The summed E-state index contributed by atoms with van der Waals surface area (Å²) >= 11 is 0. The Morgan fingerprint density at radius 1 is 0.256 bits per heavy atom. The van der Waals surface area contributed by atoms with E-state index in [-0.39, 0.29) is 28.1 Å². The fraction of sp³-hybridized carbons (Fsp3) is 0.670. The second kappa shape index (κ2) is 60.1. The lowest BCUT2D eigenvalue weighted by atomic mass is 9.74. The van der Waals surface area contributed by atoms with Crippen LogP contribution in [-0.4, -0.2) is 19.8 Å². The number of unbranched alkanes of at least 4 members (excludes halogenated alkanes) is 36. The maximum absolute atomic E-state index is 7.30. The van der Waals surface area contributed by atoms with E-state index in [1.165, 1.54) is 270 Å². The van der Waals surface area contributed by atoms with Crippen molar-refractivity contribution in [2.45, 2.75) is 455 Å². The number of hydrogen-bond acceptors (Lipinski definition) is 9. The van der Waals surface area contributed by atoms with Crippen molar-refractivity contribution in [2.75, 3.05) is 19.8 Å². The van der Waals surface area contributed by atoms with E-state index in [9.17, 15) is 0 Å². The fourth-order valence-electron chi connectivity index (χ4n) is 16.6. The predicted octanol–water partition coefficient (Wildman–Crippen LogP) is 37.1. The Kier molecular flexibility index (Phi) is 52.2. The van der Waals surface area contributed by atoms with Crippen LogP contribution < -0.4 is 27.1 Å². The van der Waals surface area contributed by atoms with Gasteiger partial charge in [0, 0.05) is 22.6 Å². The molecule has 6 aromatic carbocycles. The zero-order valence-corrected chi connectivity index (χ0v) is 83.4. The number of benzene rings is 6. The van der Waals surface area contributed by atoms with Gasteiger partial charge in [0.05, 0.1) is 19.8 Å². The summed E-state index contributed by atoms with van der Waals surface area (Å²) in [6, 6.07) is 40.4. The minimum absolute atomic E-state index is 0.0678. The summed E-state index contributed by atoms with van der Waals surface area (Å²) in [5, 5.41) is 0. The van der Waals surface area contributed by atoms with Crippen LogP contribution in [0.1, 0.15) is 465 Å². The number of aryl methyl sites for hydroxylation is 6. The summed E-state index contributed by atoms with van der Waals surface area (Å²) in [6.45, 7) is 45.7. The van der Waals surface area contributed by atoms with Crippen molar-refractivity contribution in [1.29, 1.82) is 0 Å². The molecule has 9 nitrogen and oxygen atoms in total. The molecule has 12 heteroatoms. The van der Waals surface area contributed by atoms with Crippen LogP contribution in [0.2, 0.25) is 0 Å². The van der Waals surface area contributed by atoms with Crippen molar-refractivity contribution in [1.82, 2.24) is 0 Å². The highest BCUT2D eigenvalue weighted by Crippen LogP contribution is 2.53. The lowest BCUT2D eigenvalue weighted by Gasteiger charge is -2.33. The molecule has 3 atom stereocenters. The SMILES string of the molecule is CCCCCCCCCOP(OCCCCCCCCC)Oc1cc(C)c(C(CC(C)c2cc(C(C)(C)C)c(OP(Oc3ccc(CCCCCCCCC)cc3)Oc3ccc(CCCCCCCCC)cc3)cc2C)c2cc(C(C)(C)C)c(OP(OCCCCCCCCC)Oc3ccc(CCCCCCCCC)cc3)cc2C)cc1C(C)(C)C. The summed E-state index contributed by atoms with van der Waals surface area (Å²) in [6.07, 6.45) is 56.6. The molecule has 0 aliphatic heterocycles. The number of rotatable bonds is 68. The molecule has 0 spiro atoms.